The van der Waals surface area contributed by atoms with Crippen molar-refractivity contribution in [1.29, 1.82) is 0 Å². The number of halogens is 3. The molecule has 0 fully saturated rings. The molecule has 608 valence electrons. The van der Waals surface area contributed by atoms with Crippen LogP contribution in [0, 0.1) is 101 Å². The van der Waals surface area contributed by atoms with E-state index >= 15 is 4.39 Å². The molecule has 0 aliphatic carbocycles. The number of aryl methyl sites for hydroxylation is 15. The number of nitrogens with zero attached hydrogens (tertiary/aromatic N) is 5. The third-order valence-corrected chi connectivity index (χ3v) is 24.4. The fourth-order valence-corrected chi connectivity index (χ4v) is 17.2. The second kappa shape index (κ2) is 36.5. The predicted molar refractivity (Wildman–Crippen MR) is 494 cm³/mol. The van der Waals surface area contributed by atoms with Crippen molar-refractivity contribution in [2.75, 3.05) is 0 Å². The molecule has 0 unspecified atom stereocenters. The first-order valence-corrected chi connectivity index (χ1v) is 42.4. The molecule has 0 aliphatic heterocycles. The lowest BCUT2D eigenvalue weighted by Crippen LogP contribution is -2.33. The Morgan fingerprint density at radius 1 is 0.237 bits per heavy atom. The highest BCUT2D eigenvalue weighted by molar-refractivity contribution is 5.86. The average molecular weight is 1580 g/mol. The van der Waals surface area contributed by atoms with Crippen LogP contribution in [0.1, 0.15) is 219 Å². The second-order valence-corrected chi connectivity index (χ2v) is 35.3. The summed E-state index contributed by atoms with van der Waals surface area (Å²) in [5.41, 5.74) is 39.7. The van der Waals surface area contributed by atoms with Crippen LogP contribution in [0.2, 0.25) is 0 Å². The molecule has 5 aromatic heterocycles. The van der Waals surface area contributed by atoms with Crippen LogP contribution in [-0.4, -0.2) is 0 Å². The zero-order chi connectivity index (χ0) is 86.1. The molecule has 0 saturated heterocycles. The number of hydrogen-bond donors (Lipinski definition) is 0. The number of hydrogen-bond acceptors (Lipinski definition) is 0. The normalized spacial score (nSPS) is 11.5. The predicted octanol–water partition coefficient (Wildman–Crippen LogP) is 27.5. The molecule has 0 bridgehead atoms. The molecule has 8 heteroatoms. The summed E-state index contributed by atoms with van der Waals surface area (Å²) in [6.45, 7) is 51.2. The molecule has 0 saturated carbocycles. The molecule has 15 aromatic rings. The van der Waals surface area contributed by atoms with E-state index in [1.165, 1.54) is 139 Å². The summed E-state index contributed by atoms with van der Waals surface area (Å²) in [6.07, 6.45) is 0. The van der Waals surface area contributed by atoms with Crippen LogP contribution in [0.25, 0.3) is 111 Å². The first kappa shape index (κ1) is 87.9. The van der Waals surface area contributed by atoms with Crippen LogP contribution in [0.3, 0.4) is 0 Å². The molecule has 0 aliphatic rings. The minimum atomic E-state index is -0.118. The lowest BCUT2D eigenvalue weighted by molar-refractivity contribution is -0.633. The molecule has 0 amide bonds. The summed E-state index contributed by atoms with van der Waals surface area (Å²) in [6, 6.07) is 72.9. The molecule has 15 rings (SSSR count). The van der Waals surface area contributed by atoms with E-state index in [9.17, 15) is 8.78 Å². The Kier molecular flexibility index (Phi) is 27.2. The fraction of sp³-hybridized carbons (Fsp3) is 0.318. The van der Waals surface area contributed by atoms with Crippen LogP contribution in [0.5, 0.6) is 0 Å². The van der Waals surface area contributed by atoms with Gasteiger partial charge in [-0.15, -0.1) is 0 Å². The highest BCUT2D eigenvalue weighted by Gasteiger charge is 2.28. The summed E-state index contributed by atoms with van der Waals surface area (Å²) in [5.74, 6) is 1.43. The van der Waals surface area contributed by atoms with E-state index in [0.29, 0.717) is 11.8 Å². The summed E-state index contributed by atoms with van der Waals surface area (Å²) < 4.78 is 55.0. The Balaban J connectivity index is 0.000000145. The summed E-state index contributed by atoms with van der Waals surface area (Å²) >= 11 is 0. The van der Waals surface area contributed by atoms with Crippen LogP contribution in [0.15, 0.2) is 206 Å². The van der Waals surface area contributed by atoms with Crippen molar-refractivity contribution in [3.8, 4) is 56.3 Å². The van der Waals surface area contributed by atoms with Crippen molar-refractivity contribution in [2.45, 2.75) is 202 Å². The minimum Gasteiger partial charge on any atom is -0.207 e. The third kappa shape index (κ3) is 18.3. The quantitative estimate of drug-likeness (QED) is 0.115. The van der Waals surface area contributed by atoms with E-state index in [4.69, 9.17) is 0 Å². The van der Waals surface area contributed by atoms with Gasteiger partial charge in [0.15, 0.2) is 0 Å². The zero-order valence-corrected chi connectivity index (χ0v) is 76.0. The third-order valence-electron chi connectivity index (χ3n) is 24.4. The number of pyridine rings is 5. The van der Waals surface area contributed by atoms with Crippen molar-refractivity contribution in [2.24, 2.45) is 35.2 Å². The first-order chi connectivity index (χ1) is 55.8. The van der Waals surface area contributed by atoms with E-state index in [2.05, 4.69) is 366 Å². The van der Waals surface area contributed by atoms with Gasteiger partial charge in [-0.25, -0.2) is 13.2 Å². The molecule has 0 radical (unpaired) electrons. The Hall–Kier alpha value is -11.0. The van der Waals surface area contributed by atoms with E-state index in [0.717, 1.165) is 72.0 Å². The Morgan fingerprint density at radius 2 is 0.610 bits per heavy atom. The maximum Gasteiger partial charge on any atom is 0.213 e. The SMILES string of the molecule is Cc1cc(C)c(C)c(-c2ccc3c(C(C)C)c(F)ccc3[n+]2C)c1.Cc1cc(C)c(C)c(-c2ccc3cc(F)c(C(C)C)cc3[n+]2C)c1.Cc1ccc(C)c(-c2ccc3c(C(C)C)c(F)c(C(C)C)cc3[n+]2C)c1.Cc1ccc(C)c(-c2ccc3c(C(C)C)cccc3[n+]2C)c1.Cc1ccc(C)c(-c2ccc3ccc(C(C)C)cc3[n+]2C)c1. The molecular weight excluding hydrogens is 1450 g/mol. The van der Waals surface area contributed by atoms with Gasteiger partial charge in [0.2, 0.25) is 56.1 Å². The van der Waals surface area contributed by atoms with Crippen molar-refractivity contribution < 1.29 is 36.0 Å². The monoisotopic (exact) mass is 1580 g/mol. The summed E-state index contributed by atoms with van der Waals surface area (Å²) in [7, 11) is 10.6. The number of fused-ring (bicyclic) bond motifs is 5. The highest BCUT2D eigenvalue weighted by atomic mass is 19.1. The van der Waals surface area contributed by atoms with Gasteiger partial charge in [0.25, 0.3) is 0 Å². The van der Waals surface area contributed by atoms with Gasteiger partial charge >= 0.3 is 0 Å². The molecule has 10 aromatic carbocycles. The molecular formula is C110H127F3N5+5. The van der Waals surface area contributed by atoms with E-state index in [1.54, 1.807) is 12.1 Å². The van der Waals surface area contributed by atoms with Crippen molar-refractivity contribution in [3.63, 3.8) is 0 Å². The highest BCUT2D eigenvalue weighted by Crippen LogP contribution is 2.38. The van der Waals surface area contributed by atoms with Gasteiger partial charge in [0.05, 0.1) is 10.8 Å². The molecule has 0 N–H and O–H groups in total. The van der Waals surface area contributed by atoms with Crippen molar-refractivity contribution in [1.82, 2.24) is 0 Å². The van der Waals surface area contributed by atoms with E-state index in [1.807, 2.05) is 52.0 Å². The maximum absolute atomic E-state index is 15.2. The van der Waals surface area contributed by atoms with Crippen LogP contribution in [0.4, 0.5) is 13.2 Å². The van der Waals surface area contributed by atoms with Crippen molar-refractivity contribution >= 4 is 54.5 Å². The Labute approximate surface area is 703 Å². The van der Waals surface area contributed by atoms with Gasteiger partial charge < -0.3 is 0 Å². The van der Waals surface area contributed by atoms with E-state index in [-0.39, 0.29) is 41.1 Å². The lowest BCUT2D eigenvalue weighted by Gasteiger charge is -2.17. The summed E-state index contributed by atoms with van der Waals surface area (Å²) in [4.78, 5) is 0. The Morgan fingerprint density at radius 3 is 1.06 bits per heavy atom. The van der Waals surface area contributed by atoms with Gasteiger partial charge in [0, 0.05) is 116 Å². The number of benzene rings is 10. The van der Waals surface area contributed by atoms with Crippen LogP contribution in [-0.2, 0) is 35.2 Å². The van der Waals surface area contributed by atoms with E-state index < -0.39 is 0 Å². The molecule has 5 nitrogen and oxygen atoms in total. The fourth-order valence-electron chi connectivity index (χ4n) is 17.2. The standard InChI is InChI=1S/C24H29FN.2C22H25FN.2C21H24N/c1-14(2)19-13-22-18(23(15(3)4)24(19)25)10-11-21(26(22)7)20-12-16(5)8-9-17(20)6;1-13(2)22-17-7-9-21(24(6)20(17)10-8-19(22)23)18-12-14(3)11-15(4)16(18)5;1-13(2)18-12-22-17(11-20(18)23)7-8-21(24(22)6)19-10-14(3)9-15(4)16(19)5;1-14(2)18-9-8-17-10-11-20(22(5)21(17)13-18)19-12-15(3)6-7-16(19)4;1-14(2)17-7-6-8-20-18(17)11-12-21(22(20)5)19-13-15(3)9-10-16(19)4/h8-15H,1-7H3;2*7-13H,1-6H3;2*6-14H,1-5H3/q5*+1. The first-order valence-electron chi connectivity index (χ1n) is 42.4. The number of rotatable bonds is 11. The number of aromatic nitrogens is 5. The van der Waals surface area contributed by atoms with Gasteiger partial charge in [-0.3, -0.25) is 0 Å². The minimum absolute atomic E-state index is 0.0398. The molecule has 5 heterocycles. The largest absolute Gasteiger partial charge is 0.213 e. The Bertz CT molecular complexity index is 6190. The molecule has 0 atom stereocenters. The van der Waals surface area contributed by atoms with Gasteiger partial charge in [-0.1, -0.05) is 178 Å². The van der Waals surface area contributed by atoms with Gasteiger partial charge in [-0.2, -0.15) is 22.8 Å². The lowest BCUT2D eigenvalue weighted by atomic mass is 9.90. The summed E-state index contributed by atoms with van der Waals surface area (Å²) in [5, 5.41) is 5.59. The zero-order valence-electron chi connectivity index (χ0n) is 76.0. The maximum atomic E-state index is 15.2. The second-order valence-electron chi connectivity index (χ2n) is 35.3. The molecule has 0 spiro atoms. The van der Waals surface area contributed by atoms with Gasteiger partial charge in [-0.05, 0) is 259 Å². The molecule has 118 heavy (non-hydrogen) atoms. The topological polar surface area (TPSA) is 19.4 Å². The van der Waals surface area contributed by atoms with Gasteiger partial charge in [0.1, 0.15) is 52.7 Å². The van der Waals surface area contributed by atoms with Crippen LogP contribution < -0.4 is 22.8 Å². The smallest absolute Gasteiger partial charge is 0.207 e. The average Bonchev–Trinajstić information content (AvgIpc) is 0.763. The van der Waals surface area contributed by atoms with Crippen LogP contribution >= 0.6 is 0 Å². The van der Waals surface area contributed by atoms with Crippen molar-refractivity contribution in [3.05, 3.63) is 324 Å².